The fraction of sp³-hybridized carbons (Fsp3) is 0.500. The van der Waals surface area contributed by atoms with Crippen LogP contribution in [0.15, 0.2) is 18.2 Å². The minimum absolute atomic E-state index is 0.114. The Balaban J connectivity index is 3.05. The van der Waals surface area contributed by atoms with Gasteiger partial charge in [0.05, 0.1) is 5.56 Å². The third-order valence-corrected chi connectivity index (χ3v) is 2.33. The van der Waals surface area contributed by atoms with Crippen molar-refractivity contribution in [1.82, 2.24) is 5.32 Å². The summed E-state index contributed by atoms with van der Waals surface area (Å²) in [6.07, 6.45) is -4.52. The molecule has 5 heteroatoms. The van der Waals surface area contributed by atoms with Gasteiger partial charge in [-0.25, -0.2) is 4.39 Å². The molecule has 0 radical (unpaired) electrons. The fourth-order valence-electron chi connectivity index (χ4n) is 1.62. The zero-order chi connectivity index (χ0) is 13.2. The maximum atomic E-state index is 13.1. The molecule has 0 unspecified atom stereocenters. The average Bonchev–Trinajstić information content (AvgIpc) is 2.14. The third-order valence-electron chi connectivity index (χ3n) is 2.33. The SMILES string of the molecule is CC(C)N[C@H](C)c1cc(F)cc(C(F)(F)F)c1. The van der Waals surface area contributed by atoms with E-state index in [-0.39, 0.29) is 12.1 Å². The molecule has 1 nitrogen and oxygen atoms in total. The number of alkyl halides is 3. The number of rotatable bonds is 3. The van der Waals surface area contributed by atoms with Crippen molar-refractivity contribution in [2.45, 2.75) is 39.0 Å². The summed E-state index contributed by atoms with van der Waals surface area (Å²) in [5, 5.41) is 3.03. The highest BCUT2D eigenvalue weighted by molar-refractivity contribution is 5.28. The first-order valence-corrected chi connectivity index (χ1v) is 5.34. The van der Waals surface area contributed by atoms with Gasteiger partial charge in [-0.3, -0.25) is 0 Å². The Morgan fingerprint density at radius 1 is 1.06 bits per heavy atom. The first kappa shape index (κ1) is 14.0. The largest absolute Gasteiger partial charge is 0.416 e. The molecule has 96 valence electrons. The predicted molar refractivity (Wildman–Crippen MR) is 58.1 cm³/mol. The van der Waals surface area contributed by atoms with E-state index in [2.05, 4.69) is 5.32 Å². The van der Waals surface area contributed by atoms with Crippen molar-refractivity contribution >= 4 is 0 Å². The van der Waals surface area contributed by atoms with Crippen molar-refractivity contribution in [3.05, 3.63) is 35.1 Å². The van der Waals surface area contributed by atoms with Crippen LogP contribution in [-0.2, 0) is 6.18 Å². The number of nitrogens with one attached hydrogen (secondary N) is 1. The monoisotopic (exact) mass is 249 g/mol. The second-order valence-corrected chi connectivity index (χ2v) is 4.31. The van der Waals surface area contributed by atoms with Gasteiger partial charge in [0.1, 0.15) is 5.82 Å². The molecule has 0 aliphatic heterocycles. The molecule has 0 saturated heterocycles. The van der Waals surface area contributed by atoms with Crippen LogP contribution in [0.25, 0.3) is 0 Å². The summed E-state index contributed by atoms with van der Waals surface area (Å²) in [6.45, 7) is 5.45. The van der Waals surface area contributed by atoms with Crippen LogP contribution in [0.5, 0.6) is 0 Å². The molecule has 0 aliphatic rings. The van der Waals surface area contributed by atoms with Crippen molar-refractivity contribution < 1.29 is 17.6 Å². The van der Waals surface area contributed by atoms with Crippen LogP contribution < -0.4 is 5.32 Å². The summed E-state index contributed by atoms with van der Waals surface area (Å²) in [6, 6.07) is 2.39. The lowest BCUT2D eigenvalue weighted by molar-refractivity contribution is -0.137. The van der Waals surface area contributed by atoms with Crippen LogP contribution in [0, 0.1) is 5.82 Å². The maximum Gasteiger partial charge on any atom is 0.416 e. The molecule has 17 heavy (non-hydrogen) atoms. The van der Waals surface area contributed by atoms with Gasteiger partial charge in [-0.15, -0.1) is 0 Å². The number of benzene rings is 1. The van der Waals surface area contributed by atoms with E-state index in [4.69, 9.17) is 0 Å². The second-order valence-electron chi connectivity index (χ2n) is 4.31. The Bertz CT molecular complexity index is 385. The average molecular weight is 249 g/mol. The highest BCUT2D eigenvalue weighted by atomic mass is 19.4. The highest BCUT2D eigenvalue weighted by Gasteiger charge is 2.31. The lowest BCUT2D eigenvalue weighted by atomic mass is 10.0. The van der Waals surface area contributed by atoms with Crippen LogP contribution in [-0.4, -0.2) is 6.04 Å². The van der Waals surface area contributed by atoms with Crippen molar-refractivity contribution in [2.75, 3.05) is 0 Å². The smallest absolute Gasteiger partial charge is 0.308 e. The Kier molecular flexibility index (Phi) is 4.14. The molecule has 1 rings (SSSR count). The molecule has 0 amide bonds. The minimum atomic E-state index is -4.52. The van der Waals surface area contributed by atoms with Gasteiger partial charge in [-0.2, -0.15) is 13.2 Å². The van der Waals surface area contributed by atoms with E-state index in [9.17, 15) is 17.6 Å². The Morgan fingerprint density at radius 3 is 2.12 bits per heavy atom. The quantitative estimate of drug-likeness (QED) is 0.801. The van der Waals surface area contributed by atoms with Gasteiger partial charge >= 0.3 is 6.18 Å². The minimum Gasteiger partial charge on any atom is -0.308 e. The van der Waals surface area contributed by atoms with Crippen LogP contribution in [0.3, 0.4) is 0 Å². The highest BCUT2D eigenvalue weighted by Crippen LogP contribution is 2.31. The van der Waals surface area contributed by atoms with E-state index in [0.717, 1.165) is 12.1 Å². The number of halogens is 4. The topological polar surface area (TPSA) is 12.0 Å². The molecule has 0 aromatic heterocycles. The van der Waals surface area contributed by atoms with Gasteiger partial charge < -0.3 is 5.32 Å². The van der Waals surface area contributed by atoms with Gasteiger partial charge in [-0.1, -0.05) is 13.8 Å². The van der Waals surface area contributed by atoms with E-state index in [1.165, 1.54) is 0 Å². The number of hydrogen-bond donors (Lipinski definition) is 1. The molecular formula is C12H15F4N. The zero-order valence-electron chi connectivity index (χ0n) is 9.90. The van der Waals surface area contributed by atoms with Crippen molar-refractivity contribution in [3.63, 3.8) is 0 Å². The first-order chi connectivity index (χ1) is 7.70. The van der Waals surface area contributed by atoms with E-state index >= 15 is 0 Å². The van der Waals surface area contributed by atoms with Crippen molar-refractivity contribution in [3.8, 4) is 0 Å². The van der Waals surface area contributed by atoms with Gasteiger partial charge in [0.2, 0.25) is 0 Å². The molecular weight excluding hydrogens is 234 g/mol. The Labute approximate surface area is 97.8 Å². The van der Waals surface area contributed by atoms with Crippen LogP contribution >= 0.6 is 0 Å². The van der Waals surface area contributed by atoms with Crippen LogP contribution in [0.1, 0.15) is 37.9 Å². The third kappa shape index (κ3) is 4.00. The summed E-state index contributed by atoms with van der Waals surface area (Å²) < 4.78 is 50.6. The normalized spacial score (nSPS) is 14.1. The Morgan fingerprint density at radius 2 is 1.65 bits per heavy atom. The molecule has 0 heterocycles. The van der Waals surface area contributed by atoms with Crippen molar-refractivity contribution in [2.24, 2.45) is 0 Å². The summed E-state index contributed by atoms with van der Waals surface area (Å²) in [5.41, 5.74) is -0.657. The van der Waals surface area contributed by atoms with Gasteiger partial charge in [0.15, 0.2) is 0 Å². The molecule has 0 spiro atoms. The van der Waals surface area contributed by atoms with E-state index in [1.807, 2.05) is 13.8 Å². The van der Waals surface area contributed by atoms with Crippen molar-refractivity contribution in [1.29, 1.82) is 0 Å². The molecule has 0 fully saturated rings. The summed E-state index contributed by atoms with van der Waals surface area (Å²) >= 11 is 0. The molecule has 0 bridgehead atoms. The lowest BCUT2D eigenvalue weighted by Gasteiger charge is -2.18. The summed E-state index contributed by atoms with van der Waals surface area (Å²) in [4.78, 5) is 0. The van der Waals surface area contributed by atoms with E-state index < -0.39 is 17.6 Å². The van der Waals surface area contributed by atoms with E-state index in [1.54, 1.807) is 6.92 Å². The fourth-order valence-corrected chi connectivity index (χ4v) is 1.62. The molecule has 1 atom stereocenters. The van der Waals surface area contributed by atoms with Crippen LogP contribution in [0.2, 0.25) is 0 Å². The zero-order valence-corrected chi connectivity index (χ0v) is 9.90. The van der Waals surface area contributed by atoms with Gasteiger partial charge in [0.25, 0.3) is 0 Å². The molecule has 0 saturated carbocycles. The lowest BCUT2D eigenvalue weighted by Crippen LogP contribution is -2.26. The summed E-state index contributed by atoms with van der Waals surface area (Å²) in [5.74, 6) is -0.868. The summed E-state index contributed by atoms with van der Waals surface area (Å²) in [7, 11) is 0. The molecule has 1 aromatic carbocycles. The van der Waals surface area contributed by atoms with E-state index in [0.29, 0.717) is 11.6 Å². The second kappa shape index (κ2) is 5.04. The van der Waals surface area contributed by atoms with Crippen LogP contribution in [0.4, 0.5) is 17.6 Å². The molecule has 1 aromatic rings. The standard InChI is InChI=1S/C12H15F4N/c1-7(2)17-8(3)9-4-10(12(14,15)16)6-11(13)5-9/h4-8,17H,1-3H3/t8-/m1/s1. The maximum absolute atomic E-state index is 13.1. The van der Waals surface area contributed by atoms with Gasteiger partial charge in [0, 0.05) is 12.1 Å². The predicted octanol–water partition coefficient (Wildman–Crippen LogP) is 3.90. The molecule has 0 aliphatic carbocycles. The Hall–Kier alpha value is -1.10. The number of hydrogen-bond acceptors (Lipinski definition) is 1. The van der Waals surface area contributed by atoms with Gasteiger partial charge in [-0.05, 0) is 30.7 Å². The molecule has 1 N–H and O–H groups in total. The first-order valence-electron chi connectivity index (χ1n) is 5.34.